The number of carbonyl (C=O) groups is 1. The first-order chi connectivity index (χ1) is 9.63. The van der Waals surface area contributed by atoms with E-state index in [1.807, 2.05) is 22.4 Å². The van der Waals surface area contributed by atoms with Crippen molar-refractivity contribution in [3.05, 3.63) is 27.0 Å². The van der Waals surface area contributed by atoms with Gasteiger partial charge in [0.2, 0.25) is 0 Å². The van der Waals surface area contributed by atoms with Gasteiger partial charge in [0, 0.05) is 24.5 Å². The molecule has 0 atom stereocenters. The molecule has 2 aromatic rings. The van der Waals surface area contributed by atoms with Crippen molar-refractivity contribution in [3.63, 3.8) is 0 Å². The Kier molecular flexibility index (Phi) is 5.79. The molecule has 0 aromatic carbocycles. The number of carbonyl (C=O) groups excluding carboxylic acids is 1. The number of thiophene rings is 1. The molecular weight excluding hydrogens is 394 g/mol. The average Bonchev–Trinajstić information content (AvgIpc) is 3.07. The molecule has 1 aliphatic heterocycles. The van der Waals surface area contributed by atoms with Gasteiger partial charge in [-0.3, -0.25) is 4.79 Å². The standard InChI is InChI=1S/C13H14BrN3OS2.ClH/c14-11-2-1-10(20-11)12-16-9(7-19-12)13(18)17-5-3-8(15)4-6-17;/h1-2,7-8H,3-6,15H2;1H. The number of likely N-dealkylation sites (tertiary alicyclic amines) is 1. The molecule has 1 fully saturated rings. The van der Waals surface area contributed by atoms with Crippen LogP contribution in [-0.2, 0) is 0 Å². The minimum atomic E-state index is 0. The first-order valence-corrected chi connectivity index (χ1v) is 8.88. The van der Waals surface area contributed by atoms with Crippen LogP contribution >= 0.6 is 51.0 Å². The SMILES string of the molecule is Cl.NC1CCN(C(=O)c2csc(-c3ccc(Br)s3)n2)CC1. The zero-order valence-corrected chi connectivity index (χ0v) is 15.2. The van der Waals surface area contributed by atoms with Gasteiger partial charge in [0.1, 0.15) is 10.7 Å². The molecule has 2 N–H and O–H groups in total. The third-order valence-electron chi connectivity index (χ3n) is 3.33. The van der Waals surface area contributed by atoms with Crippen LogP contribution < -0.4 is 5.73 Å². The summed E-state index contributed by atoms with van der Waals surface area (Å²) in [5.41, 5.74) is 6.41. The number of piperidine rings is 1. The molecule has 0 radical (unpaired) electrons. The minimum Gasteiger partial charge on any atom is -0.337 e. The van der Waals surface area contributed by atoms with Crippen molar-refractivity contribution in [1.82, 2.24) is 9.88 Å². The van der Waals surface area contributed by atoms with Crippen molar-refractivity contribution >= 4 is 56.9 Å². The van der Waals surface area contributed by atoms with Gasteiger partial charge >= 0.3 is 0 Å². The summed E-state index contributed by atoms with van der Waals surface area (Å²) in [6, 6.07) is 4.24. The lowest BCUT2D eigenvalue weighted by atomic mass is 10.1. The highest BCUT2D eigenvalue weighted by Crippen LogP contribution is 2.33. The predicted molar refractivity (Wildman–Crippen MR) is 93.5 cm³/mol. The summed E-state index contributed by atoms with van der Waals surface area (Å²) in [6.45, 7) is 1.47. The van der Waals surface area contributed by atoms with Crippen LogP contribution in [0.4, 0.5) is 0 Å². The van der Waals surface area contributed by atoms with E-state index < -0.39 is 0 Å². The van der Waals surface area contributed by atoms with E-state index in [4.69, 9.17) is 5.73 Å². The topological polar surface area (TPSA) is 59.2 Å². The van der Waals surface area contributed by atoms with Gasteiger partial charge in [-0.25, -0.2) is 4.98 Å². The van der Waals surface area contributed by atoms with Crippen LogP contribution in [0.3, 0.4) is 0 Å². The van der Waals surface area contributed by atoms with Gasteiger partial charge in [-0.1, -0.05) is 0 Å². The lowest BCUT2D eigenvalue weighted by Crippen LogP contribution is -2.42. The third kappa shape index (κ3) is 3.84. The van der Waals surface area contributed by atoms with E-state index in [-0.39, 0.29) is 24.4 Å². The van der Waals surface area contributed by atoms with Gasteiger partial charge in [-0.15, -0.1) is 35.1 Å². The van der Waals surface area contributed by atoms with Crippen molar-refractivity contribution < 1.29 is 4.79 Å². The third-order valence-corrected chi connectivity index (χ3v) is 5.97. The molecular formula is C13H15BrClN3OS2. The fourth-order valence-electron chi connectivity index (χ4n) is 2.18. The monoisotopic (exact) mass is 407 g/mol. The van der Waals surface area contributed by atoms with Crippen LogP contribution in [0.2, 0.25) is 0 Å². The summed E-state index contributed by atoms with van der Waals surface area (Å²) >= 11 is 6.58. The van der Waals surface area contributed by atoms with Gasteiger partial charge in [-0.2, -0.15) is 0 Å². The number of nitrogens with two attached hydrogens (primary N) is 1. The Morgan fingerprint density at radius 1 is 1.38 bits per heavy atom. The maximum Gasteiger partial charge on any atom is 0.273 e. The molecule has 114 valence electrons. The van der Waals surface area contributed by atoms with E-state index in [0.29, 0.717) is 5.69 Å². The molecule has 0 bridgehead atoms. The number of thiazole rings is 1. The Hall–Kier alpha value is -0.470. The highest BCUT2D eigenvalue weighted by Gasteiger charge is 2.23. The molecule has 21 heavy (non-hydrogen) atoms. The molecule has 0 aliphatic carbocycles. The summed E-state index contributed by atoms with van der Waals surface area (Å²) in [5.74, 6) is 0.0232. The number of nitrogens with zero attached hydrogens (tertiary/aromatic N) is 2. The van der Waals surface area contributed by atoms with E-state index in [2.05, 4.69) is 20.9 Å². The maximum absolute atomic E-state index is 12.4. The van der Waals surface area contributed by atoms with Crippen LogP contribution in [0, 0.1) is 0 Å². The lowest BCUT2D eigenvalue weighted by Gasteiger charge is -2.29. The van der Waals surface area contributed by atoms with Crippen molar-refractivity contribution in [3.8, 4) is 9.88 Å². The summed E-state index contributed by atoms with van der Waals surface area (Å²) in [4.78, 5) is 19.8. The van der Waals surface area contributed by atoms with E-state index >= 15 is 0 Å². The molecule has 2 aromatic heterocycles. The highest BCUT2D eigenvalue weighted by molar-refractivity contribution is 9.11. The van der Waals surface area contributed by atoms with Gasteiger partial charge in [-0.05, 0) is 40.9 Å². The van der Waals surface area contributed by atoms with E-state index in [1.165, 1.54) is 11.3 Å². The summed E-state index contributed by atoms with van der Waals surface area (Å²) in [7, 11) is 0. The molecule has 0 unspecified atom stereocenters. The second-order valence-corrected chi connectivity index (χ2v) is 8.09. The first kappa shape index (κ1) is 16.9. The van der Waals surface area contributed by atoms with E-state index in [9.17, 15) is 4.79 Å². The molecule has 4 nitrogen and oxygen atoms in total. The molecule has 3 heterocycles. The highest BCUT2D eigenvalue weighted by atomic mass is 79.9. The van der Waals surface area contributed by atoms with Crippen molar-refractivity contribution in [2.24, 2.45) is 5.73 Å². The first-order valence-electron chi connectivity index (χ1n) is 6.39. The second-order valence-electron chi connectivity index (χ2n) is 4.77. The molecule has 0 saturated carbocycles. The Balaban J connectivity index is 0.00000161. The number of amides is 1. The van der Waals surface area contributed by atoms with Gasteiger partial charge in [0.25, 0.3) is 5.91 Å². The van der Waals surface area contributed by atoms with Crippen molar-refractivity contribution in [2.75, 3.05) is 13.1 Å². The van der Waals surface area contributed by atoms with E-state index in [0.717, 1.165) is 39.6 Å². The number of hydrogen-bond donors (Lipinski definition) is 1. The van der Waals surface area contributed by atoms with Gasteiger partial charge in [0.05, 0.1) is 8.66 Å². The fourth-order valence-corrected chi connectivity index (χ4v) is 4.43. The Labute approximate surface area is 145 Å². The van der Waals surface area contributed by atoms with Crippen LogP contribution in [-0.4, -0.2) is 34.9 Å². The van der Waals surface area contributed by atoms with Crippen LogP contribution in [0.1, 0.15) is 23.3 Å². The Morgan fingerprint density at radius 3 is 2.71 bits per heavy atom. The number of halogens is 2. The smallest absolute Gasteiger partial charge is 0.273 e. The molecule has 8 heteroatoms. The lowest BCUT2D eigenvalue weighted by molar-refractivity contribution is 0.0709. The average molecular weight is 409 g/mol. The van der Waals surface area contributed by atoms with Crippen LogP contribution in [0.15, 0.2) is 21.3 Å². The molecule has 0 spiro atoms. The summed E-state index contributed by atoms with van der Waals surface area (Å²) in [6.07, 6.45) is 1.75. The van der Waals surface area contributed by atoms with E-state index in [1.54, 1.807) is 11.3 Å². The maximum atomic E-state index is 12.4. The number of aromatic nitrogens is 1. The largest absolute Gasteiger partial charge is 0.337 e. The van der Waals surface area contributed by atoms with Crippen molar-refractivity contribution in [2.45, 2.75) is 18.9 Å². The predicted octanol–water partition coefficient (Wildman–Crippen LogP) is 3.62. The normalized spacial score (nSPS) is 15.8. The quantitative estimate of drug-likeness (QED) is 0.825. The molecule has 1 aliphatic rings. The summed E-state index contributed by atoms with van der Waals surface area (Å²) < 4.78 is 1.07. The summed E-state index contributed by atoms with van der Waals surface area (Å²) in [5, 5.41) is 2.75. The molecule has 1 amide bonds. The zero-order valence-electron chi connectivity index (χ0n) is 11.1. The Morgan fingerprint density at radius 2 is 2.10 bits per heavy atom. The minimum absolute atomic E-state index is 0. The van der Waals surface area contributed by atoms with Crippen molar-refractivity contribution in [1.29, 1.82) is 0 Å². The Bertz CT molecular complexity index is 622. The molecule has 3 rings (SSSR count). The van der Waals surface area contributed by atoms with Gasteiger partial charge in [0.15, 0.2) is 0 Å². The van der Waals surface area contributed by atoms with Crippen LogP contribution in [0.5, 0.6) is 0 Å². The zero-order chi connectivity index (χ0) is 14.1. The number of hydrogen-bond acceptors (Lipinski definition) is 5. The molecule has 1 saturated heterocycles. The van der Waals surface area contributed by atoms with Gasteiger partial charge < -0.3 is 10.6 Å². The number of rotatable bonds is 2. The van der Waals surface area contributed by atoms with Crippen LogP contribution in [0.25, 0.3) is 9.88 Å². The second kappa shape index (κ2) is 7.19. The fraction of sp³-hybridized carbons (Fsp3) is 0.385.